The van der Waals surface area contributed by atoms with Crippen LogP contribution in [-0.2, 0) is 9.84 Å². The van der Waals surface area contributed by atoms with Gasteiger partial charge in [-0.25, -0.2) is 8.42 Å². The average molecular weight is 251 g/mol. The third-order valence-corrected chi connectivity index (χ3v) is 6.48. The Labute approximate surface area is 97.1 Å². The van der Waals surface area contributed by atoms with Crippen molar-refractivity contribution in [2.24, 2.45) is 5.73 Å². The highest BCUT2D eigenvalue weighted by atomic mass is 32.2. The molecular formula is C10H21NO2S2. The van der Waals surface area contributed by atoms with E-state index in [1.54, 1.807) is 0 Å². The molecule has 1 fully saturated rings. The molecule has 1 heterocycles. The second-order valence-electron chi connectivity index (χ2n) is 4.24. The van der Waals surface area contributed by atoms with E-state index in [9.17, 15) is 8.42 Å². The van der Waals surface area contributed by atoms with Gasteiger partial charge in [-0.3, -0.25) is 0 Å². The van der Waals surface area contributed by atoms with Crippen LogP contribution in [0.5, 0.6) is 0 Å². The van der Waals surface area contributed by atoms with Gasteiger partial charge in [-0.1, -0.05) is 6.92 Å². The predicted octanol–water partition coefficient (Wildman–Crippen LogP) is 1.43. The Hall–Kier alpha value is 0.260. The van der Waals surface area contributed by atoms with Crippen LogP contribution in [0.4, 0.5) is 0 Å². The van der Waals surface area contributed by atoms with E-state index in [0.717, 1.165) is 18.6 Å². The van der Waals surface area contributed by atoms with E-state index >= 15 is 0 Å². The summed E-state index contributed by atoms with van der Waals surface area (Å²) < 4.78 is 23.2. The van der Waals surface area contributed by atoms with Gasteiger partial charge in [0.05, 0.1) is 5.75 Å². The van der Waals surface area contributed by atoms with Gasteiger partial charge >= 0.3 is 0 Å². The second-order valence-corrected chi connectivity index (χ2v) is 8.11. The fourth-order valence-corrected chi connectivity index (χ4v) is 5.00. The lowest BCUT2D eigenvalue weighted by Crippen LogP contribution is -2.34. The van der Waals surface area contributed by atoms with Gasteiger partial charge in [-0.05, 0) is 31.4 Å². The first-order chi connectivity index (χ1) is 7.04. The van der Waals surface area contributed by atoms with E-state index in [0.29, 0.717) is 24.5 Å². The molecule has 1 saturated heterocycles. The van der Waals surface area contributed by atoms with Gasteiger partial charge in [0.1, 0.15) is 9.84 Å². The van der Waals surface area contributed by atoms with Crippen molar-refractivity contribution in [1.29, 1.82) is 0 Å². The largest absolute Gasteiger partial charge is 0.329 e. The Morgan fingerprint density at radius 1 is 1.40 bits per heavy atom. The molecule has 1 atom stereocenters. The summed E-state index contributed by atoms with van der Waals surface area (Å²) >= 11 is 1.86. The molecule has 0 bridgehead atoms. The lowest BCUT2D eigenvalue weighted by Gasteiger charge is -2.25. The van der Waals surface area contributed by atoms with Crippen molar-refractivity contribution in [3.63, 3.8) is 0 Å². The van der Waals surface area contributed by atoms with Crippen LogP contribution in [0.15, 0.2) is 0 Å². The molecule has 1 aliphatic rings. The first-order valence-corrected chi connectivity index (χ1v) is 8.39. The standard InChI is InChI=1S/C10H21NO2S2/c1-2-7-15(12,13)8-5-10(9-11)4-3-6-14-10/h2-9,11H2,1H3. The third-order valence-electron chi connectivity index (χ3n) is 2.94. The van der Waals surface area contributed by atoms with Gasteiger partial charge in [-0.2, -0.15) is 11.8 Å². The molecule has 90 valence electrons. The zero-order valence-corrected chi connectivity index (χ0v) is 11.0. The fraction of sp³-hybridized carbons (Fsp3) is 1.00. The number of hydrogen-bond acceptors (Lipinski definition) is 4. The molecule has 0 aromatic rings. The number of thioether (sulfide) groups is 1. The molecule has 1 unspecified atom stereocenters. The highest BCUT2D eigenvalue weighted by Gasteiger charge is 2.34. The summed E-state index contributed by atoms with van der Waals surface area (Å²) in [6.45, 7) is 2.51. The fourth-order valence-electron chi connectivity index (χ4n) is 1.97. The molecule has 15 heavy (non-hydrogen) atoms. The van der Waals surface area contributed by atoms with Gasteiger partial charge in [0.15, 0.2) is 0 Å². The highest BCUT2D eigenvalue weighted by molar-refractivity contribution is 8.01. The van der Waals surface area contributed by atoms with E-state index < -0.39 is 9.84 Å². The molecule has 2 N–H and O–H groups in total. The number of rotatable bonds is 6. The van der Waals surface area contributed by atoms with Crippen molar-refractivity contribution in [2.45, 2.75) is 37.4 Å². The highest BCUT2D eigenvalue weighted by Crippen LogP contribution is 2.40. The minimum absolute atomic E-state index is 0.0564. The van der Waals surface area contributed by atoms with Crippen molar-refractivity contribution in [3.05, 3.63) is 0 Å². The van der Waals surface area contributed by atoms with Crippen molar-refractivity contribution >= 4 is 21.6 Å². The maximum absolute atomic E-state index is 11.6. The molecule has 3 nitrogen and oxygen atoms in total. The molecule has 0 amide bonds. The lowest BCUT2D eigenvalue weighted by molar-refractivity contribution is 0.539. The molecule has 1 aliphatic heterocycles. The van der Waals surface area contributed by atoms with Crippen LogP contribution in [0, 0.1) is 0 Å². The molecule has 0 aromatic carbocycles. The van der Waals surface area contributed by atoms with Gasteiger partial charge in [0, 0.05) is 17.0 Å². The quantitative estimate of drug-likeness (QED) is 0.776. The second kappa shape index (κ2) is 5.55. The summed E-state index contributed by atoms with van der Waals surface area (Å²) in [5.74, 6) is 1.76. The monoisotopic (exact) mass is 251 g/mol. The minimum atomic E-state index is -2.84. The molecule has 0 radical (unpaired) electrons. The summed E-state index contributed by atoms with van der Waals surface area (Å²) in [4.78, 5) is 0. The van der Waals surface area contributed by atoms with Crippen LogP contribution in [0.2, 0.25) is 0 Å². The average Bonchev–Trinajstić information content (AvgIpc) is 2.64. The summed E-state index contributed by atoms with van der Waals surface area (Å²) in [5.41, 5.74) is 5.76. The molecule has 5 heteroatoms. The van der Waals surface area contributed by atoms with Crippen molar-refractivity contribution < 1.29 is 8.42 Å². The molecule has 0 aliphatic carbocycles. The zero-order chi connectivity index (χ0) is 11.4. The molecule has 0 spiro atoms. The van der Waals surface area contributed by atoms with Crippen molar-refractivity contribution in [3.8, 4) is 0 Å². The Morgan fingerprint density at radius 3 is 2.60 bits per heavy atom. The molecule has 0 aromatic heterocycles. The van der Waals surface area contributed by atoms with Crippen LogP contribution < -0.4 is 5.73 Å². The van der Waals surface area contributed by atoms with Gasteiger partial charge < -0.3 is 5.73 Å². The van der Waals surface area contributed by atoms with Gasteiger partial charge in [0.2, 0.25) is 0 Å². The summed E-state index contributed by atoms with van der Waals surface area (Å²) in [6.07, 6.45) is 3.70. The Balaban J connectivity index is 2.47. The molecule has 0 saturated carbocycles. The van der Waals surface area contributed by atoms with Crippen LogP contribution in [0.1, 0.15) is 32.6 Å². The van der Waals surface area contributed by atoms with Crippen molar-refractivity contribution in [1.82, 2.24) is 0 Å². The zero-order valence-electron chi connectivity index (χ0n) is 9.37. The topological polar surface area (TPSA) is 60.2 Å². The number of hydrogen-bond donors (Lipinski definition) is 1. The maximum Gasteiger partial charge on any atom is 0.150 e. The van der Waals surface area contributed by atoms with E-state index in [1.807, 2.05) is 18.7 Å². The molecular weight excluding hydrogens is 230 g/mol. The van der Waals surface area contributed by atoms with Gasteiger partial charge in [0.25, 0.3) is 0 Å². The Bertz CT molecular complexity index is 282. The van der Waals surface area contributed by atoms with Gasteiger partial charge in [-0.15, -0.1) is 0 Å². The summed E-state index contributed by atoms with van der Waals surface area (Å²) in [7, 11) is -2.84. The summed E-state index contributed by atoms with van der Waals surface area (Å²) in [6, 6.07) is 0. The first-order valence-electron chi connectivity index (χ1n) is 5.58. The van der Waals surface area contributed by atoms with E-state index in [2.05, 4.69) is 0 Å². The Kier molecular flexibility index (Phi) is 4.93. The maximum atomic E-state index is 11.6. The van der Waals surface area contributed by atoms with E-state index in [1.165, 1.54) is 6.42 Å². The predicted molar refractivity (Wildman–Crippen MR) is 67.0 cm³/mol. The third kappa shape index (κ3) is 3.96. The Morgan fingerprint density at radius 2 is 2.13 bits per heavy atom. The summed E-state index contributed by atoms with van der Waals surface area (Å²) in [5, 5.41) is 0. The SMILES string of the molecule is CCCS(=O)(=O)CCC1(CN)CCCS1. The number of sulfone groups is 1. The van der Waals surface area contributed by atoms with Crippen LogP contribution in [-0.4, -0.2) is 37.0 Å². The van der Waals surface area contributed by atoms with Crippen LogP contribution in [0.3, 0.4) is 0 Å². The van der Waals surface area contributed by atoms with Crippen LogP contribution >= 0.6 is 11.8 Å². The smallest absolute Gasteiger partial charge is 0.150 e. The van der Waals surface area contributed by atoms with E-state index in [4.69, 9.17) is 5.73 Å². The van der Waals surface area contributed by atoms with Crippen molar-refractivity contribution in [2.75, 3.05) is 23.8 Å². The van der Waals surface area contributed by atoms with E-state index in [-0.39, 0.29) is 4.75 Å². The lowest BCUT2D eigenvalue weighted by atomic mass is 10.0. The minimum Gasteiger partial charge on any atom is -0.329 e. The first kappa shape index (κ1) is 13.3. The number of nitrogens with two attached hydrogens (primary N) is 1. The normalized spacial score (nSPS) is 27.1. The van der Waals surface area contributed by atoms with Crippen LogP contribution in [0.25, 0.3) is 0 Å². The molecule has 1 rings (SSSR count).